The van der Waals surface area contributed by atoms with Gasteiger partial charge in [0.1, 0.15) is 5.75 Å². The van der Waals surface area contributed by atoms with Gasteiger partial charge in [-0.1, -0.05) is 61.7 Å². The van der Waals surface area contributed by atoms with Gasteiger partial charge in [-0.25, -0.2) is 0 Å². The van der Waals surface area contributed by atoms with Crippen molar-refractivity contribution in [2.24, 2.45) is 5.92 Å². The van der Waals surface area contributed by atoms with E-state index in [0.29, 0.717) is 5.56 Å². The zero-order chi connectivity index (χ0) is 21.3. The first-order valence-electron chi connectivity index (χ1n) is 10.1. The molecule has 7 heteroatoms. The highest BCUT2D eigenvalue weighted by Gasteiger charge is 2.24. The van der Waals surface area contributed by atoms with Crippen molar-refractivity contribution in [1.29, 1.82) is 0 Å². The zero-order valence-electron chi connectivity index (χ0n) is 16.6. The van der Waals surface area contributed by atoms with Gasteiger partial charge in [0.2, 0.25) is 0 Å². The van der Waals surface area contributed by atoms with Gasteiger partial charge in [0.15, 0.2) is 6.61 Å². The average Bonchev–Trinajstić information content (AvgIpc) is 2.77. The molecule has 1 amide bonds. The minimum atomic E-state index is -2.90. The lowest BCUT2D eigenvalue weighted by Crippen LogP contribution is -2.34. The largest absolute Gasteiger partial charge is 0.455 e. The molecule has 1 aliphatic rings. The molecule has 1 saturated carbocycles. The normalized spacial score (nSPS) is 15.4. The summed E-state index contributed by atoms with van der Waals surface area (Å²) in [4.78, 5) is 24.7. The fourth-order valence-electron chi connectivity index (χ4n) is 3.64. The second-order valence-corrected chi connectivity index (χ2v) is 7.30. The van der Waals surface area contributed by atoms with E-state index in [2.05, 4.69) is 10.1 Å². The minimum Gasteiger partial charge on any atom is -0.455 e. The number of rotatable bonds is 8. The van der Waals surface area contributed by atoms with Gasteiger partial charge in [-0.15, -0.1) is 0 Å². The van der Waals surface area contributed by atoms with E-state index in [1.807, 2.05) is 30.3 Å². The van der Waals surface area contributed by atoms with Crippen molar-refractivity contribution >= 4 is 11.9 Å². The van der Waals surface area contributed by atoms with Crippen molar-refractivity contribution in [3.63, 3.8) is 0 Å². The van der Waals surface area contributed by atoms with Crippen LogP contribution in [-0.4, -0.2) is 25.1 Å². The Kier molecular flexibility index (Phi) is 7.76. The Morgan fingerprint density at radius 1 is 0.933 bits per heavy atom. The van der Waals surface area contributed by atoms with Crippen molar-refractivity contribution in [2.45, 2.75) is 44.8 Å². The van der Waals surface area contributed by atoms with Gasteiger partial charge in [-0.05, 0) is 36.1 Å². The van der Waals surface area contributed by atoms with Crippen LogP contribution in [-0.2, 0) is 14.3 Å². The van der Waals surface area contributed by atoms with E-state index >= 15 is 0 Å². The van der Waals surface area contributed by atoms with Gasteiger partial charge < -0.3 is 14.8 Å². The van der Waals surface area contributed by atoms with E-state index in [-0.39, 0.29) is 24.2 Å². The molecule has 3 rings (SSSR count). The lowest BCUT2D eigenvalue weighted by molar-refractivity contribution is -0.153. The summed E-state index contributed by atoms with van der Waals surface area (Å²) in [5.74, 6) is -0.845. The maximum absolute atomic E-state index is 12.5. The SMILES string of the molecule is O=C(COC(=O)C1CCCCC1)N[C@H](c1ccccc1)c1ccc(OC(F)F)cc1. The lowest BCUT2D eigenvalue weighted by atomic mass is 9.89. The first kappa shape index (κ1) is 21.7. The number of amides is 1. The van der Waals surface area contributed by atoms with Crippen LogP contribution in [0.1, 0.15) is 49.3 Å². The maximum Gasteiger partial charge on any atom is 0.387 e. The molecule has 0 heterocycles. The highest BCUT2D eigenvalue weighted by molar-refractivity contribution is 5.82. The topological polar surface area (TPSA) is 64.6 Å². The maximum atomic E-state index is 12.5. The van der Waals surface area contributed by atoms with Gasteiger partial charge in [-0.2, -0.15) is 8.78 Å². The third-order valence-corrected chi connectivity index (χ3v) is 5.16. The summed E-state index contributed by atoms with van der Waals surface area (Å²) in [7, 11) is 0. The Bertz CT molecular complexity index is 821. The van der Waals surface area contributed by atoms with E-state index < -0.39 is 18.6 Å². The fraction of sp³-hybridized carbons (Fsp3) is 0.391. The molecule has 0 bridgehead atoms. The summed E-state index contributed by atoms with van der Waals surface area (Å²) < 4.78 is 34.4. The number of nitrogens with one attached hydrogen (secondary N) is 1. The first-order chi connectivity index (χ1) is 14.5. The van der Waals surface area contributed by atoms with Crippen LogP contribution in [0.5, 0.6) is 5.75 Å². The summed E-state index contributed by atoms with van der Waals surface area (Å²) >= 11 is 0. The third kappa shape index (κ3) is 6.27. The molecule has 160 valence electrons. The van der Waals surface area contributed by atoms with Gasteiger partial charge in [0.25, 0.3) is 5.91 Å². The Balaban J connectivity index is 1.65. The van der Waals surface area contributed by atoms with Gasteiger partial charge in [0.05, 0.1) is 12.0 Å². The number of halogens is 2. The quantitative estimate of drug-likeness (QED) is 0.637. The molecule has 2 aromatic carbocycles. The Morgan fingerprint density at radius 2 is 1.57 bits per heavy atom. The van der Waals surface area contributed by atoms with Crippen molar-refractivity contribution in [3.05, 3.63) is 65.7 Å². The zero-order valence-corrected chi connectivity index (χ0v) is 16.6. The number of carbonyl (C=O) groups excluding carboxylic acids is 2. The van der Waals surface area contributed by atoms with E-state index in [1.165, 1.54) is 12.1 Å². The molecule has 0 spiro atoms. The second-order valence-electron chi connectivity index (χ2n) is 7.30. The third-order valence-electron chi connectivity index (χ3n) is 5.16. The number of benzene rings is 2. The average molecular weight is 417 g/mol. The monoisotopic (exact) mass is 417 g/mol. The second kappa shape index (κ2) is 10.7. The van der Waals surface area contributed by atoms with Crippen LogP contribution in [0.3, 0.4) is 0 Å². The van der Waals surface area contributed by atoms with Crippen LogP contribution >= 0.6 is 0 Å². The highest BCUT2D eigenvalue weighted by atomic mass is 19.3. The van der Waals surface area contributed by atoms with Crippen molar-refractivity contribution < 1.29 is 27.8 Å². The number of ether oxygens (including phenoxy) is 2. The number of alkyl halides is 2. The van der Waals surface area contributed by atoms with Gasteiger partial charge in [-0.3, -0.25) is 9.59 Å². The standard InChI is InChI=1S/C23H25F2NO4/c24-23(25)30-19-13-11-17(12-14-19)21(16-7-3-1-4-8-16)26-20(27)15-29-22(28)18-9-5-2-6-10-18/h1,3-4,7-8,11-14,18,21,23H,2,5-6,9-10,15H2,(H,26,27)/t21-/m1/s1. The molecule has 0 saturated heterocycles. The number of esters is 1. The molecule has 1 fully saturated rings. The van der Waals surface area contributed by atoms with Crippen molar-refractivity contribution in [3.8, 4) is 5.75 Å². The summed E-state index contributed by atoms with van der Waals surface area (Å²) in [5, 5.41) is 2.86. The summed E-state index contributed by atoms with van der Waals surface area (Å²) in [6.07, 6.45) is 4.76. The molecule has 1 atom stereocenters. The lowest BCUT2D eigenvalue weighted by Gasteiger charge is -2.22. The van der Waals surface area contributed by atoms with Crippen LogP contribution in [0.4, 0.5) is 8.78 Å². The van der Waals surface area contributed by atoms with E-state index in [9.17, 15) is 18.4 Å². The van der Waals surface area contributed by atoms with Gasteiger partial charge >= 0.3 is 12.6 Å². The summed E-state index contributed by atoms with van der Waals surface area (Å²) in [6.45, 7) is -3.26. The van der Waals surface area contributed by atoms with Crippen LogP contribution in [0.15, 0.2) is 54.6 Å². The molecule has 1 aliphatic carbocycles. The van der Waals surface area contributed by atoms with Crippen LogP contribution in [0.2, 0.25) is 0 Å². The van der Waals surface area contributed by atoms with Gasteiger partial charge in [0, 0.05) is 0 Å². The Labute approximate surface area is 174 Å². The predicted octanol–water partition coefficient (Wildman–Crippen LogP) is 4.62. The molecule has 0 aromatic heterocycles. The summed E-state index contributed by atoms with van der Waals surface area (Å²) in [6, 6.07) is 14.8. The number of hydrogen-bond acceptors (Lipinski definition) is 4. The first-order valence-corrected chi connectivity index (χ1v) is 10.1. The molecule has 1 N–H and O–H groups in total. The number of hydrogen-bond donors (Lipinski definition) is 1. The predicted molar refractivity (Wildman–Crippen MR) is 107 cm³/mol. The van der Waals surface area contributed by atoms with E-state index in [1.54, 1.807) is 12.1 Å². The number of carbonyl (C=O) groups is 2. The Morgan fingerprint density at radius 3 is 2.20 bits per heavy atom. The molecular formula is C23H25F2NO4. The minimum absolute atomic E-state index is 0.0355. The van der Waals surface area contributed by atoms with Crippen molar-refractivity contribution in [2.75, 3.05) is 6.61 Å². The highest BCUT2D eigenvalue weighted by Crippen LogP contribution is 2.26. The summed E-state index contributed by atoms with van der Waals surface area (Å²) in [5.41, 5.74) is 1.50. The molecule has 2 aromatic rings. The van der Waals surface area contributed by atoms with E-state index in [4.69, 9.17) is 4.74 Å². The molecule has 30 heavy (non-hydrogen) atoms. The fourth-order valence-corrected chi connectivity index (χ4v) is 3.64. The van der Waals surface area contributed by atoms with E-state index in [0.717, 1.165) is 37.7 Å². The molecular weight excluding hydrogens is 392 g/mol. The van der Waals surface area contributed by atoms with Crippen LogP contribution in [0, 0.1) is 5.92 Å². The molecule has 5 nitrogen and oxygen atoms in total. The molecule has 0 unspecified atom stereocenters. The Hall–Kier alpha value is -2.96. The smallest absolute Gasteiger partial charge is 0.387 e. The van der Waals surface area contributed by atoms with Crippen LogP contribution < -0.4 is 10.1 Å². The molecule has 0 aliphatic heterocycles. The molecule has 0 radical (unpaired) electrons. The van der Waals surface area contributed by atoms with Crippen molar-refractivity contribution in [1.82, 2.24) is 5.32 Å². The van der Waals surface area contributed by atoms with Crippen LogP contribution in [0.25, 0.3) is 0 Å².